The van der Waals surface area contributed by atoms with Crippen molar-refractivity contribution in [1.29, 1.82) is 0 Å². The highest BCUT2D eigenvalue weighted by Gasteiger charge is 2.10. The molecule has 0 aliphatic heterocycles. The van der Waals surface area contributed by atoms with Crippen molar-refractivity contribution in [3.8, 4) is 0 Å². The average molecular weight is 309 g/mol. The highest BCUT2D eigenvalue weighted by Crippen LogP contribution is 2.11. The van der Waals surface area contributed by atoms with E-state index in [9.17, 15) is 14.4 Å². The van der Waals surface area contributed by atoms with Gasteiger partial charge in [-0.05, 0) is 17.9 Å². The van der Waals surface area contributed by atoms with Crippen molar-refractivity contribution in [2.45, 2.75) is 39.2 Å². The molecule has 0 unspecified atom stereocenters. The van der Waals surface area contributed by atoms with Crippen LogP contribution in [-0.2, 0) is 11.3 Å². The highest BCUT2D eigenvalue weighted by atomic mass is 32.1. The molecule has 0 spiro atoms. The number of aromatic amines is 1. The Hall–Kier alpha value is -1.89. The Bertz CT molecular complexity index is 729. The molecule has 0 fully saturated rings. The third-order valence-corrected chi connectivity index (χ3v) is 4.16. The molecule has 0 bridgehead atoms. The fourth-order valence-electron chi connectivity index (χ4n) is 2.08. The number of nitrogens with one attached hydrogen (secondary N) is 2. The average Bonchev–Trinajstić information content (AvgIpc) is 2.91. The predicted molar refractivity (Wildman–Crippen MR) is 83.9 cm³/mol. The molecule has 2 rings (SSSR count). The Morgan fingerprint density at radius 1 is 1.38 bits per heavy atom. The first-order chi connectivity index (χ1) is 10.1. The van der Waals surface area contributed by atoms with E-state index >= 15 is 0 Å². The van der Waals surface area contributed by atoms with Crippen LogP contribution in [-0.4, -0.2) is 22.0 Å². The van der Waals surface area contributed by atoms with E-state index in [-0.39, 0.29) is 24.4 Å². The summed E-state index contributed by atoms with van der Waals surface area (Å²) >= 11 is 1.29. The van der Waals surface area contributed by atoms with Gasteiger partial charge in [0.1, 0.15) is 4.70 Å². The van der Waals surface area contributed by atoms with Crippen molar-refractivity contribution >= 4 is 27.5 Å². The fraction of sp³-hybridized carbons (Fsp3) is 0.500. The summed E-state index contributed by atoms with van der Waals surface area (Å²) in [5.74, 6) is -0.135. The molecule has 0 saturated carbocycles. The summed E-state index contributed by atoms with van der Waals surface area (Å²) in [6.45, 7) is 2.84. The number of carbonyl (C=O) groups is 1. The first kappa shape index (κ1) is 15.5. The van der Waals surface area contributed by atoms with Crippen LogP contribution in [0.4, 0.5) is 0 Å². The largest absolute Gasteiger partial charge is 0.356 e. The molecule has 2 aromatic heterocycles. The molecule has 2 heterocycles. The zero-order chi connectivity index (χ0) is 15.2. The summed E-state index contributed by atoms with van der Waals surface area (Å²) in [6.07, 6.45) is 3.26. The lowest BCUT2D eigenvalue weighted by Crippen LogP contribution is -2.36. The van der Waals surface area contributed by atoms with Crippen LogP contribution in [0.2, 0.25) is 0 Å². The van der Waals surface area contributed by atoms with Crippen molar-refractivity contribution in [3.63, 3.8) is 0 Å². The third-order valence-electron chi connectivity index (χ3n) is 3.26. The van der Waals surface area contributed by atoms with Crippen LogP contribution in [0.1, 0.15) is 32.6 Å². The lowest BCUT2D eigenvalue weighted by atomic mass is 10.2. The lowest BCUT2D eigenvalue weighted by molar-refractivity contribution is -0.121. The Kier molecular flexibility index (Phi) is 5.32. The second-order valence-corrected chi connectivity index (χ2v) is 5.77. The number of hydrogen-bond acceptors (Lipinski definition) is 4. The van der Waals surface area contributed by atoms with Gasteiger partial charge in [0.05, 0.1) is 5.52 Å². The number of amides is 1. The van der Waals surface area contributed by atoms with Crippen LogP contribution in [0.25, 0.3) is 10.2 Å². The number of thiophene rings is 1. The molecule has 0 saturated heterocycles. The Morgan fingerprint density at radius 3 is 2.95 bits per heavy atom. The number of rotatable bonds is 7. The number of nitrogens with zero attached hydrogens (tertiary/aromatic N) is 1. The minimum atomic E-state index is -0.468. The van der Waals surface area contributed by atoms with Crippen molar-refractivity contribution in [2.24, 2.45) is 0 Å². The molecule has 2 N–H and O–H groups in total. The lowest BCUT2D eigenvalue weighted by Gasteiger charge is -2.06. The molecule has 0 atom stereocenters. The Balaban J connectivity index is 1.99. The number of unbranched alkanes of at least 4 members (excludes halogenated alkanes) is 2. The summed E-state index contributed by atoms with van der Waals surface area (Å²) < 4.78 is 1.60. The molecule has 7 heteroatoms. The molecule has 6 nitrogen and oxygen atoms in total. The van der Waals surface area contributed by atoms with E-state index in [1.807, 2.05) is 0 Å². The summed E-state index contributed by atoms with van der Waals surface area (Å²) in [5, 5.41) is 4.55. The van der Waals surface area contributed by atoms with E-state index in [0.717, 1.165) is 23.8 Å². The molecular formula is C14H19N3O3S. The zero-order valence-corrected chi connectivity index (χ0v) is 12.8. The van der Waals surface area contributed by atoms with Crippen molar-refractivity contribution in [2.75, 3.05) is 6.54 Å². The van der Waals surface area contributed by atoms with Crippen molar-refractivity contribution in [1.82, 2.24) is 14.9 Å². The molecule has 114 valence electrons. The van der Waals surface area contributed by atoms with Gasteiger partial charge in [-0.2, -0.15) is 0 Å². The maximum atomic E-state index is 12.1. The smallest absolute Gasteiger partial charge is 0.328 e. The number of carbonyl (C=O) groups excluding carboxylic acids is 1. The maximum Gasteiger partial charge on any atom is 0.328 e. The normalized spacial score (nSPS) is 10.9. The second kappa shape index (κ2) is 7.21. The monoisotopic (exact) mass is 309 g/mol. The zero-order valence-electron chi connectivity index (χ0n) is 12.0. The minimum absolute atomic E-state index is 0.0988. The van der Waals surface area contributed by atoms with Crippen LogP contribution < -0.4 is 16.6 Å². The number of aromatic nitrogens is 2. The molecule has 0 aromatic carbocycles. The topological polar surface area (TPSA) is 84.0 Å². The van der Waals surface area contributed by atoms with Crippen LogP contribution in [0.5, 0.6) is 0 Å². The predicted octanol–water partition coefficient (Wildman–Crippen LogP) is 1.45. The van der Waals surface area contributed by atoms with Gasteiger partial charge >= 0.3 is 5.69 Å². The van der Waals surface area contributed by atoms with E-state index in [4.69, 9.17) is 0 Å². The van der Waals surface area contributed by atoms with Gasteiger partial charge in [-0.15, -0.1) is 11.3 Å². The SMILES string of the molecule is CCCCCNC(=O)CCn1c(=O)[nH]c2ccsc2c1=O. The summed E-state index contributed by atoms with van der Waals surface area (Å²) in [4.78, 5) is 38.3. The summed E-state index contributed by atoms with van der Waals surface area (Å²) in [7, 11) is 0. The van der Waals surface area contributed by atoms with Gasteiger partial charge in [0.15, 0.2) is 0 Å². The molecule has 21 heavy (non-hydrogen) atoms. The molecule has 0 radical (unpaired) electrons. The Labute approximate surface area is 125 Å². The van der Waals surface area contributed by atoms with Crippen LogP contribution in [0.3, 0.4) is 0 Å². The van der Waals surface area contributed by atoms with Crippen LogP contribution in [0.15, 0.2) is 21.0 Å². The fourth-order valence-corrected chi connectivity index (χ4v) is 2.88. The molecule has 1 amide bonds. The van der Waals surface area contributed by atoms with Gasteiger partial charge < -0.3 is 10.3 Å². The van der Waals surface area contributed by atoms with Gasteiger partial charge in [0, 0.05) is 19.5 Å². The van der Waals surface area contributed by atoms with Crippen molar-refractivity contribution in [3.05, 3.63) is 32.3 Å². The third kappa shape index (κ3) is 3.81. The first-order valence-corrected chi connectivity index (χ1v) is 7.98. The number of fused-ring (bicyclic) bond motifs is 1. The number of hydrogen-bond donors (Lipinski definition) is 2. The van der Waals surface area contributed by atoms with Crippen molar-refractivity contribution < 1.29 is 4.79 Å². The number of H-pyrrole nitrogens is 1. The van der Waals surface area contributed by atoms with E-state index in [2.05, 4.69) is 17.2 Å². The van der Waals surface area contributed by atoms with E-state index in [0.29, 0.717) is 16.8 Å². The molecular weight excluding hydrogens is 290 g/mol. The van der Waals surface area contributed by atoms with Gasteiger partial charge in [0.25, 0.3) is 5.56 Å². The highest BCUT2D eigenvalue weighted by molar-refractivity contribution is 7.17. The van der Waals surface area contributed by atoms with Crippen LogP contribution >= 0.6 is 11.3 Å². The standard InChI is InChI=1S/C14H19N3O3S/c1-2-3-4-7-15-11(18)5-8-17-13(19)12-10(6-9-21-12)16-14(17)20/h6,9H,2-5,7-8H2,1H3,(H,15,18)(H,16,20). The second-order valence-electron chi connectivity index (χ2n) is 4.86. The molecule has 0 aliphatic carbocycles. The summed E-state index contributed by atoms with van der Waals surface area (Å²) in [5.41, 5.74) is -0.248. The minimum Gasteiger partial charge on any atom is -0.356 e. The van der Waals surface area contributed by atoms with E-state index < -0.39 is 5.69 Å². The molecule has 0 aliphatic rings. The maximum absolute atomic E-state index is 12.1. The van der Waals surface area contributed by atoms with E-state index in [1.54, 1.807) is 11.4 Å². The van der Waals surface area contributed by atoms with Gasteiger partial charge in [-0.1, -0.05) is 19.8 Å². The molecule has 2 aromatic rings. The van der Waals surface area contributed by atoms with Crippen LogP contribution in [0, 0.1) is 0 Å². The first-order valence-electron chi connectivity index (χ1n) is 7.10. The quantitative estimate of drug-likeness (QED) is 0.759. The van der Waals surface area contributed by atoms with Gasteiger partial charge in [-0.25, -0.2) is 4.79 Å². The van der Waals surface area contributed by atoms with E-state index in [1.165, 1.54) is 11.3 Å². The summed E-state index contributed by atoms with van der Waals surface area (Å²) in [6, 6.07) is 1.70. The van der Waals surface area contributed by atoms with Gasteiger partial charge in [0.2, 0.25) is 5.91 Å². The van der Waals surface area contributed by atoms with Gasteiger partial charge in [-0.3, -0.25) is 14.2 Å². The Morgan fingerprint density at radius 2 is 2.19 bits per heavy atom.